The van der Waals surface area contributed by atoms with E-state index in [2.05, 4.69) is 20.7 Å². The fourth-order valence-corrected chi connectivity index (χ4v) is 3.57. The molecule has 0 aliphatic carbocycles. The Balaban J connectivity index is 3.05. The monoisotopic (exact) mass is 334 g/mol. The van der Waals surface area contributed by atoms with E-state index in [4.69, 9.17) is 5.73 Å². The van der Waals surface area contributed by atoms with Crippen molar-refractivity contribution in [1.82, 2.24) is 4.72 Å². The summed E-state index contributed by atoms with van der Waals surface area (Å²) in [6.07, 6.45) is 0. The molecule has 0 saturated carbocycles. The van der Waals surface area contributed by atoms with E-state index >= 15 is 0 Å². The molecule has 0 aliphatic heterocycles. The lowest BCUT2D eigenvalue weighted by molar-refractivity contribution is 0.407. The largest absolute Gasteiger partial charge is 0.326 e. The first-order valence-electron chi connectivity index (χ1n) is 5.64. The maximum Gasteiger partial charge on any atom is 0.241 e. The highest BCUT2D eigenvalue weighted by Crippen LogP contribution is 2.23. The van der Waals surface area contributed by atoms with Crippen LogP contribution in [0.3, 0.4) is 0 Å². The van der Waals surface area contributed by atoms with Gasteiger partial charge in [-0.15, -0.1) is 0 Å². The van der Waals surface area contributed by atoms with Crippen LogP contribution in [0.25, 0.3) is 0 Å². The van der Waals surface area contributed by atoms with Crippen molar-refractivity contribution in [3.63, 3.8) is 0 Å². The van der Waals surface area contributed by atoms with Crippen LogP contribution in [0.15, 0.2) is 27.6 Å². The number of sulfonamides is 1. The number of benzene rings is 1. The van der Waals surface area contributed by atoms with E-state index < -0.39 is 10.0 Å². The normalized spacial score (nSPS) is 12.7. The van der Waals surface area contributed by atoms with Gasteiger partial charge in [-0.25, -0.2) is 13.1 Å². The van der Waals surface area contributed by atoms with Crippen molar-refractivity contribution < 1.29 is 8.42 Å². The molecule has 0 atom stereocenters. The molecule has 1 rings (SSSR count). The zero-order valence-corrected chi connectivity index (χ0v) is 13.2. The molecule has 0 heterocycles. The van der Waals surface area contributed by atoms with Crippen LogP contribution in [0.2, 0.25) is 0 Å². The second-order valence-corrected chi connectivity index (χ2v) is 7.94. The molecule has 0 amide bonds. The summed E-state index contributed by atoms with van der Waals surface area (Å²) in [6.45, 7) is 6.62. The number of nitrogens with two attached hydrogens (primary N) is 1. The standard InChI is InChI=1S/C12H19BrN2O2S/c1-12(2,3)8-15-18(16,17)11-6-9(7-14)4-5-10(11)13/h4-6,15H,7-8,14H2,1-3H3. The van der Waals surface area contributed by atoms with Crippen molar-refractivity contribution in [2.75, 3.05) is 6.54 Å². The first-order valence-corrected chi connectivity index (χ1v) is 7.91. The molecule has 1 aromatic rings. The van der Waals surface area contributed by atoms with E-state index in [1.165, 1.54) is 0 Å². The first kappa shape index (κ1) is 15.6. The number of hydrogen-bond donors (Lipinski definition) is 2. The minimum atomic E-state index is -3.51. The highest BCUT2D eigenvalue weighted by Gasteiger charge is 2.21. The number of halogens is 1. The highest BCUT2D eigenvalue weighted by atomic mass is 79.9. The van der Waals surface area contributed by atoms with Crippen molar-refractivity contribution in [3.8, 4) is 0 Å². The number of nitrogens with one attached hydrogen (secondary N) is 1. The van der Waals surface area contributed by atoms with Crippen LogP contribution in [-0.4, -0.2) is 15.0 Å². The van der Waals surface area contributed by atoms with Gasteiger partial charge in [0.05, 0.1) is 4.90 Å². The SMILES string of the molecule is CC(C)(C)CNS(=O)(=O)c1cc(CN)ccc1Br. The van der Waals surface area contributed by atoms with Crippen molar-refractivity contribution in [1.29, 1.82) is 0 Å². The molecule has 4 nitrogen and oxygen atoms in total. The molecule has 6 heteroatoms. The van der Waals surface area contributed by atoms with Gasteiger partial charge in [-0.1, -0.05) is 26.8 Å². The van der Waals surface area contributed by atoms with Crippen molar-refractivity contribution in [2.45, 2.75) is 32.2 Å². The average molecular weight is 335 g/mol. The average Bonchev–Trinajstić information content (AvgIpc) is 2.26. The summed E-state index contributed by atoms with van der Waals surface area (Å²) in [5.74, 6) is 0. The Morgan fingerprint density at radius 2 is 1.94 bits per heavy atom. The Kier molecular flexibility index (Phi) is 4.94. The van der Waals surface area contributed by atoms with Crippen LogP contribution in [0.1, 0.15) is 26.3 Å². The first-order chi connectivity index (χ1) is 8.15. The van der Waals surface area contributed by atoms with Gasteiger partial charge in [0.15, 0.2) is 0 Å². The van der Waals surface area contributed by atoms with E-state index in [0.29, 0.717) is 17.6 Å². The van der Waals surface area contributed by atoms with E-state index in [9.17, 15) is 8.42 Å². The lowest BCUT2D eigenvalue weighted by atomic mass is 9.98. The second-order valence-electron chi connectivity index (χ2n) is 5.35. The minimum Gasteiger partial charge on any atom is -0.326 e. The van der Waals surface area contributed by atoms with Gasteiger partial charge in [0.25, 0.3) is 0 Å². The van der Waals surface area contributed by atoms with Crippen LogP contribution in [0, 0.1) is 5.41 Å². The Morgan fingerprint density at radius 1 is 1.33 bits per heavy atom. The van der Waals surface area contributed by atoms with E-state index in [-0.39, 0.29) is 10.3 Å². The molecule has 0 bridgehead atoms. The number of hydrogen-bond acceptors (Lipinski definition) is 3. The van der Waals surface area contributed by atoms with Crippen molar-refractivity contribution in [2.24, 2.45) is 11.1 Å². The van der Waals surface area contributed by atoms with Gasteiger partial charge in [0.2, 0.25) is 10.0 Å². The van der Waals surface area contributed by atoms with Crippen LogP contribution in [-0.2, 0) is 16.6 Å². The van der Waals surface area contributed by atoms with Gasteiger partial charge in [0, 0.05) is 17.6 Å². The van der Waals surface area contributed by atoms with Crippen molar-refractivity contribution in [3.05, 3.63) is 28.2 Å². The predicted octanol–water partition coefficient (Wildman–Crippen LogP) is 2.23. The maximum atomic E-state index is 12.2. The summed E-state index contributed by atoms with van der Waals surface area (Å²) in [7, 11) is -3.51. The molecule has 0 aromatic heterocycles. The van der Waals surface area contributed by atoms with E-state index in [0.717, 1.165) is 5.56 Å². The topological polar surface area (TPSA) is 72.2 Å². The van der Waals surface area contributed by atoms with E-state index in [1.807, 2.05) is 20.8 Å². The summed E-state index contributed by atoms with van der Waals surface area (Å²) in [5.41, 5.74) is 6.21. The fraction of sp³-hybridized carbons (Fsp3) is 0.500. The fourth-order valence-electron chi connectivity index (χ4n) is 1.27. The summed E-state index contributed by atoms with van der Waals surface area (Å²) in [6, 6.07) is 5.09. The summed E-state index contributed by atoms with van der Waals surface area (Å²) >= 11 is 3.26. The molecule has 102 valence electrons. The third-order valence-electron chi connectivity index (χ3n) is 2.31. The van der Waals surface area contributed by atoms with Crippen LogP contribution in [0.5, 0.6) is 0 Å². The van der Waals surface area contributed by atoms with Gasteiger partial charge in [0.1, 0.15) is 0 Å². The van der Waals surface area contributed by atoms with E-state index in [1.54, 1.807) is 18.2 Å². The summed E-state index contributed by atoms with van der Waals surface area (Å²) < 4.78 is 27.5. The van der Waals surface area contributed by atoms with Crippen molar-refractivity contribution >= 4 is 26.0 Å². The molecular weight excluding hydrogens is 316 g/mol. The quantitative estimate of drug-likeness (QED) is 0.886. The zero-order chi connectivity index (χ0) is 14.0. The minimum absolute atomic E-state index is 0.106. The molecule has 0 fully saturated rings. The van der Waals surface area contributed by atoms with Crippen LogP contribution < -0.4 is 10.5 Å². The molecule has 0 radical (unpaired) electrons. The Bertz CT molecular complexity index is 521. The molecule has 1 aromatic carbocycles. The third-order valence-corrected chi connectivity index (χ3v) is 4.71. The molecule has 0 saturated heterocycles. The zero-order valence-electron chi connectivity index (χ0n) is 10.8. The van der Waals surface area contributed by atoms with Gasteiger partial charge < -0.3 is 5.73 Å². The van der Waals surface area contributed by atoms with Gasteiger partial charge in [-0.3, -0.25) is 0 Å². The Morgan fingerprint density at radius 3 is 2.44 bits per heavy atom. The highest BCUT2D eigenvalue weighted by molar-refractivity contribution is 9.10. The van der Waals surface area contributed by atoms with Crippen LogP contribution in [0.4, 0.5) is 0 Å². The number of rotatable bonds is 4. The van der Waals surface area contributed by atoms with Gasteiger partial charge in [-0.05, 0) is 39.0 Å². The molecule has 0 aliphatic rings. The molecule has 18 heavy (non-hydrogen) atoms. The predicted molar refractivity (Wildman–Crippen MR) is 76.7 cm³/mol. The Labute approximate surface area is 117 Å². The smallest absolute Gasteiger partial charge is 0.241 e. The summed E-state index contributed by atoms with van der Waals surface area (Å²) in [4.78, 5) is 0.231. The lowest BCUT2D eigenvalue weighted by Crippen LogP contribution is -2.32. The Hall–Kier alpha value is -0.430. The molecule has 0 spiro atoms. The second kappa shape index (κ2) is 5.69. The molecule has 3 N–H and O–H groups in total. The van der Waals surface area contributed by atoms with Gasteiger partial charge in [-0.2, -0.15) is 0 Å². The lowest BCUT2D eigenvalue weighted by Gasteiger charge is -2.19. The summed E-state index contributed by atoms with van der Waals surface area (Å²) in [5, 5.41) is 0. The van der Waals surface area contributed by atoms with Crippen LogP contribution >= 0.6 is 15.9 Å². The third kappa shape index (κ3) is 4.35. The van der Waals surface area contributed by atoms with Gasteiger partial charge >= 0.3 is 0 Å². The maximum absolute atomic E-state index is 12.2. The molecular formula is C12H19BrN2O2S. The molecule has 0 unspecified atom stereocenters.